The second kappa shape index (κ2) is 10.1. The molecule has 1 aliphatic heterocycles. The van der Waals surface area contributed by atoms with E-state index in [1.165, 1.54) is 0 Å². The molecule has 0 saturated carbocycles. The van der Waals surface area contributed by atoms with Crippen molar-refractivity contribution in [3.8, 4) is 28.8 Å². The van der Waals surface area contributed by atoms with E-state index in [1.807, 2.05) is 35.0 Å². The highest BCUT2D eigenvalue weighted by Gasteiger charge is 2.20. The molecular formula is C25H25N9O. The normalized spacial score (nSPS) is 13.7. The van der Waals surface area contributed by atoms with Crippen molar-refractivity contribution < 1.29 is 5.11 Å². The van der Waals surface area contributed by atoms with E-state index in [0.29, 0.717) is 29.4 Å². The SMILES string of the molecule is Nc1nnc(-c2ccccc2O)cc1N1CCCN(c2ccnc(C#CCn3ccnc3)n2)CC1. The van der Waals surface area contributed by atoms with Gasteiger partial charge in [0.15, 0.2) is 5.82 Å². The Morgan fingerprint density at radius 2 is 1.86 bits per heavy atom. The van der Waals surface area contributed by atoms with E-state index < -0.39 is 0 Å². The van der Waals surface area contributed by atoms with Crippen molar-refractivity contribution in [2.24, 2.45) is 0 Å². The van der Waals surface area contributed by atoms with Gasteiger partial charge in [-0.05, 0) is 36.6 Å². The number of phenolic OH excluding ortho intramolecular Hbond substituents is 1. The van der Waals surface area contributed by atoms with E-state index in [-0.39, 0.29) is 5.75 Å². The molecule has 0 unspecified atom stereocenters. The van der Waals surface area contributed by atoms with Crippen molar-refractivity contribution in [3.63, 3.8) is 0 Å². The smallest absolute Gasteiger partial charge is 0.206 e. The first-order valence-electron chi connectivity index (χ1n) is 11.4. The van der Waals surface area contributed by atoms with Gasteiger partial charge in [0.1, 0.15) is 11.6 Å². The van der Waals surface area contributed by atoms with Crippen molar-refractivity contribution in [1.82, 2.24) is 29.7 Å². The molecule has 4 aromatic rings. The first-order valence-corrected chi connectivity index (χ1v) is 11.4. The van der Waals surface area contributed by atoms with Crippen LogP contribution in [0.2, 0.25) is 0 Å². The van der Waals surface area contributed by atoms with Gasteiger partial charge in [-0.15, -0.1) is 10.2 Å². The molecule has 0 bridgehead atoms. The van der Waals surface area contributed by atoms with Crippen LogP contribution in [0.25, 0.3) is 11.3 Å². The zero-order valence-electron chi connectivity index (χ0n) is 19.1. The van der Waals surface area contributed by atoms with Crippen LogP contribution in [0.4, 0.5) is 17.3 Å². The fourth-order valence-corrected chi connectivity index (χ4v) is 4.03. The van der Waals surface area contributed by atoms with Crippen LogP contribution < -0.4 is 15.5 Å². The maximum absolute atomic E-state index is 10.2. The van der Waals surface area contributed by atoms with Crippen LogP contribution in [-0.2, 0) is 6.54 Å². The summed E-state index contributed by atoms with van der Waals surface area (Å²) in [6.45, 7) is 3.69. The molecule has 3 N–H and O–H groups in total. The number of hydrogen-bond acceptors (Lipinski definition) is 9. The van der Waals surface area contributed by atoms with Gasteiger partial charge in [0, 0.05) is 50.3 Å². The Labute approximate surface area is 203 Å². The molecule has 0 spiro atoms. The molecule has 0 amide bonds. The lowest BCUT2D eigenvalue weighted by Gasteiger charge is -2.25. The number of aromatic nitrogens is 6. The maximum atomic E-state index is 10.2. The van der Waals surface area contributed by atoms with E-state index in [0.717, 1.165) is 44.1 Å². The van der Waals surface area contributed by atoms with Crippen LogP contribution in [0.1, 0.15) is 12.2 Å². The standard InChI is InChI=1S/C25H25N9O/c26-25-21(17-20(30-31-25)19-5-1-2-6-22(19)35)33-12-4-13-34(16-15-33)24-8-9-28-23(29-24)7-3-11-32-14-10-27-18-32/h1-2,5-6,8-10,14,17-18,35H,4,11-13,15-16H2,(H2,26,31). The molecule has 0 atom stereocenters. The number of anilines is 3. The van der Waals surface area contributed by atoms with Gasteiger partial charge in [0.25, 0.3) is 0 Å². The average molecular weight is 468 g/mol. The van der Waals surface area contributed by atoms with Gasteiger partial charge >= 0.3 is 0 Å². The molecule has 0 aliphatic carbocycles. The Morgan fingerprint density at radius 1 is 1.00 bits per heavy atom. The Kier molecular flexibility index (Phi) is 6.39. The third-order valence-corrected chi connectivity index (χ3v) is 5.80. The van der Waals surface area contributed by atoms with Gasteiger partial charge < -0.3 is 25.2 Å². The summed E-state index contributed by atoms with van der Waals surface area (Å²) in [4.78, 5) is 17.4. The van der Waals surface area contributed by atoms with E-state index in [9.17, 15) is 5.11 Å². The van der Waals surface area contributed by atoms with Gasteiger partial charge in [-0.3, -0.25) is 0 Å². The predicted octanol–water partition coefficient (Wildman–Crippen LogP) is 2.19. The molecular weight excluding hydrogens is 442 g/mol. The average Bonchev–Trinajstić information content (AvgIpc) is 3.27. The Morgan fingerprint density at radius 3 is 2.71 bits per heavy atom. The van der Waals surface area contributed by atoms with Crippen LogP contribution >= 0.6 is 0 Å². The molecule has 3 aromatic heterocycles. The fraction of sp³-hybridized carbons (Fsp3) is 0.240. The molecule has 10 heteroatoms. The van der Waals surface area contributed by atoms with Crippen molar-refractivity contribution in [3.05, 3.63) is 67.1 Å². The van der Waals surface area contributed by atoms with Crippen molar-refractivity contribution in [2.45, 2.75) is 13.0 Å². The number of hydrogen-bond donors (Lipinski definition) is 2. The number of nitrogen functional groups attached to an aromatic ring is 1. The van der Waals surface area contributed by atoms with E-state index >= 15 is 0 Å². The zero-order valence-corrected chi connectivity index (χ0v) is 19.1. The highest BCUT2D eigenvalue weighted by atomic mass is 16.3. The summed E-state index contributed by atoms with van der Waals surface area (Å²) >= 11 is 0. The van der Waals surface area contributed by atoms with E-state index in [2.05, 4.69) is 46.8 Å². The Balaban J connectivity index is 1.30. The minimum Gasteiger partial charge on any atom is -0.507 e. The molecule has 35 heavy (non-hydrogen) atoms. The number of para-hydroxylation sites is 1. The van der Waals surface area contributed by atoms with Gasteiger partial charge in [-0.25, -0.2) is 15.0 Å². The van der Waals surface area contributed by atoms with Crippen LogP contribution in [0, 0.1) is 11.8 Å². The molecule has 1 aliphatic rings. The van der Waals surface area contributed by atoms with Crippen LogP contribution in [0.5, 0.6) is 5.75 Å². The topological polar surface area (TPSA) is 122 Å². The number of aromatic hydroxyl groups is 1. The number of nitrogens with zero attached hydrogens (tertiary/aromatic N) is 8. The minimum absolute atomic E-state index is 0.159. The summed E-state index contributed by atoms with van der Waals surface area (Å²) < 4.78 is 1.89. The van der Waals surface area contributed by atoms with Crippen molar-refractivity contribution in [2.75, 3.05) is 41.7 Å². The van der Waals surface area contributed by atoms with E-state index in [1.54, 1.807) is 30.9 Å². The van der Waals surface area contributed by atoms with Gasteiger partial charge in [0.2, 0.25) is 5.82 Å². The van der Waals surface area contributed by atoms with Gasteiger partial charge in [-0.1, -0.05) is 18.1 Å². The summed E-state index contributed by atoms with van der Waals surface area (Å²) in [7, 11) is 0. The Bertz CT molecular complexity index is 1360. The number of benzene rings is 1. The lowest BCUT2D eigenvalue weighted by atomic mass is 10.1. The summed E-state index contributed by atoms with van der Waals surface area (Å²) in [5.74, 6) is 8.00. The molecule has 1 fully saturated rings. The van der Waals surface area contributed by atoms with E-state index in [4.69, 9.17) is 5.73 Å². The number of nitrogens with two attached hydrogens (primary N) is 1. The first kappa shape index (κ1) is 22.2. The highest BCUT2D eigenvalue weighted by Crippen LogP contribution is 2.31. The fourth-order valence-electron chi connectivity index (χ4n) is 4.03. The molecule has 1 aromatic carbocycles. The van der Waals surface area contributed by atoms with Gasteiger partial charge in [0.05, 0.1) is 24.3 Å². The Hall–Kier alpha value is -4.65. The largest absolute Gasteiger partial charge is 0.507 e. The summed E-state index contributed by atoms with van der Waals surface area (Å²) in [5, 5.41) is 18.6. The van der Waals surface area contributed by atoms with Crippen LogP contribution in [0.15, 0.2) is 61.3 Å². The lowest BCUT2D eigenvalue weighted by molar-refractivity contribution is 0.477. The third-order valence-electron chi connectivity index (χ3n) is 5.80. The van der Waals surface area contributed by atoms with Crippen LogP contribution in [-0.4, -0.2) is 61.0 Å². The second-order valence-electron chi connectivity index (χ2n) is 8.12. The molecule has 10 nitrogen and oxygen atoms in total. The highest BCUT2D eigenvalue weighted by molar-refractivity contribution is 5.74. The number of rotatable bonds is 4. The summed E-state index contributed by atoms with van der Waals surface area (Å²) in [6.07, 6.45) is 7.98. The number of phenols is 1. The first-order chi connectivity index (χ1) is 17.2. The molecule has 176 valence electrons. The monoisotopic (exact) mass is 467 g/mol. The molecule has 5 rings (SSSR count). The van der Waals surface area contributed by atoms with Crippen LogP contribution in [0.3, 0.4) is 0 Å². The van der Waals surface area contributed by atoms with Gasteiger partial charge in [-0.2, -0.15) is 0 Å². The summed E-state index contributed by atoms with van der Waals surface area (Å²) in [6, 6.07) is 10.9. The second-order valence-corrected chi connectivity index (χ2v) is 8.12. The maximum Gasteiger partial charge on any atom is 0.206 e. The molecule has 1 saturated heterocycles. The zero-order chi connectivity index (χ0) is 24.0. The third kappa shape index (κ3) is 5.14. The lowest BCUT2D eigenvalue weighted by Crippen LogP contribution is -2.31. The molecule has 4 heterocycles. The van der Waals surface area contributed by atoms with Crippen molar-refractivity contribution in [1.29, 1.82) is 0 Å². The quantitative estimate of drug-likeness (QED) is 0.435. The van der Waals surface area contributed by atoms with Crippen molar-refractivity contribution >= 4 is 17.3 Å². The number of imidazole rings is 1. The minimum atomic E-state index is 0.159. The predicted molar refractivity (Wildman–Crippen MR) is 134 cm³/mol. The summed E-state index contributed by atoms with van der Waals surface area (Å²) in [5.41, 5.74) is 8.23. The molecule has 0 radical (unpaired) electrons.